The van der Waals surface area contributed by atoms with Crippen LogP contribution < -0.4 is 15.0 Å². The van der Waals surface area contributed by atoms with Crippen LogP contribution in [-0.4, -0.2) is 27.6 Å². The first kappa shape index (κ1) is 13.8. The van der Waals surface area contributed by atoms with E-state index in [1.165, 1.54) is 21.3 Å². The smallest absolute Gasteiger partial charge is 0.173 e. The molecule has 5 nitrogen and oxygen atoms in total. The molecule has 1 aromatic carbocycles. The number of methoxy groups -OCH3 is 2. The van der Waals surface area contributed by atoms with E-state index in [-0.39, 0.29) is 5.56 Å². The molecule has 94 valence electrons. The van der Waals surface area contributed by atoms with Gasteiger partial charge in [0, 0.05) is 12.1 Å². The van der Waals surface area contributed by atoms with Gasteiger partial charge in [-0.15, -0.1) is 0 Å². The van der Waals surface area contributed by atoms with Gasteiger partial charge in [-0.05, 0) is 6.07 Å². The predicted octanol–water partition coefficient (Wildman–Crippen LogP) is 1.82. The highest BCUT2D eigenvalue weighted by Gasteiger charge is 2.18. The monoisotopic (exact) mass is 259 g/mol. The van der Waals surface area contributed by atoms with E-state index in [2.05, 4.69) is 5.48 Å². The van der Waals surface area contributed by atoms with Gasteiger partial charge in [0.25, 0.3) is 0 Å². The largest absolute Gasteiger partial charge is 0.492 e. The molecule has 0 aliphatic rings. The minimum absolute atomic E-state index is 0.271. The van der Waals surface area contributed by atoms with Gasteiger partial charge < -0.3 is 14.3 Å². The van der Waals surface area contributed by atoms with Crippen LogP contribution >= 0.6 is 11.6 Å². The first-order valence-electron chi connectivity index (χ1n) is 4.83. The fourth-order valence-corrected chi connectivity index (χ4v) is 1.75. The first-order valence-corrected chi connectivity index (χ1v) is 5.21. The van der Waals surface area contributed by atoms with E-state index >= 15 is 0 Å². The van der Waals surface area contributed by atoms with Crippen molar-refractivity contribution in [2.45, 2.75) is 6.54 Å². The van der Waals surface area contributed by atoms with Crippen LogP contribution in [0.5, 0.6) is 11.5 Å². The molecule has 0 radical (unpaired) electrons. The van der Waals surface area contributed by atoms with Crippen molar-refractivity contribution in [1.29, 1.82) is 0 Å². The maximum absolute atomic E-state index is 10.9. The van der Waals surface area contributed by atoms with Gasteiger partial charge in [0.2, 0.25) is 0 Å². The Morgan fingerprint density at radius 3 is 2.41 bits per heavy atom. The van der Waals surface area contributed by atoms with Crippen molar-refractivity contribution >= 4 is 17.9 Å². The van der Waals surface area contributed by atoms with Gasteiger partial charge in [0.15, 0.2) is 17.8 Å². The molecule has 0 saturated heterocycles. The van der Waals surface area contributed by atoms with Crippen LogP contribution in [-0.2, 0) is 11.4 Å². The average Bonchev–Trinajstić information content (AvgIpc) is 2.35. The number of hydrogen-bond acceptors (Lipinski definition) is 5. The Bertz CT molecular complexity index is 409. The van der Waals surface area contributed by atoms with Gasteiger partial charge in [0.05, 0.1) is 31.9 Å². The lowest BCUT2D eigenvalue weighted by Gasteiger charge is -2.15. The molecule has 0 atom stereocenters. The van der Waals surface area contributed by atoms with E-state index in [0.29, 0.717) is 29.4 Å². The van der Waals surface area contributed by atoms with Crippen LogP contribution in [0.2, 0.25) is 5.02 Å². The van der Waals surface area contributed by atoms with Crippen LogP contribution in [0.4, 0.5) is 0 Å². The summed E-state index contributed by atoms with van der Waals surface area (Å²) in [5.74, 6) is 0.784. The molecule has 0 saturated carbocycles. The quantitative estimate of drug-likeness (QED) is 0.624. The molecule has 0 aromatic heterocycles. The third-order valence-corrected chi connectivity index (χ3v) is 2.55. The molecule has 0 amide bonds. The number of ether oxygens (including phenoxy) is 2. The maximum Gasteiger partial charge on any atom is 0.173 e. The van der Waals surface area contributed by atoms with Gasteiger partial charge >= 0.3 is 0 Å². The van der Waals surface area contributed by atoms with Gasteiger partial charge in [-0.2, -0.15) is 5.48 Å². The lowest BCUT2D eigenvalue weighted by Crippen LogP contribution is -2.12. The Balaban J connectivity index is 3.31. The number of benzene rings is 1. The molecule has 1 aromatic rings. The molecule has 1 N–H and O–H groups in total. The molecular weight excluding hydrogens is 246 g/mol. The molecule has 0 unspecified atom stereocenters. The number of aldehydes is 1. The van der Waals surface area contributed by atoms with E-state index in [1.807, 2.05) is 0 Å². The van der Waals surface area contributed by atoms with Crippen LogP contribution in [0.15, 0.2) is 6.07 Å². The molecule has 0 bridgehead atoms. The molecule has 17 heavy (non-hydrogen) atoms. The Hall–Kier alpha value is -1.30. The van der Waals surface area contributed by atoms with E-state index in [4.69, 9.17) is 25.9 Å². The highest BCUT2D eigenvalue weighted by atomic mass is 35.5. The summed E-state index contributed by atoms with van der Waals surface area (Å²) in [4.78, 5) is 15.7. The van der Waals surface area contributed by atoms with Crippen molar-refractivity contribution in [3.05, 3.63) is 22.2 Å². The van der Waals surface area contributed by atoms with Crippen molar-refractivity contribution in [2.75, 3.05) is 21.3 Å². The van der Waals surface area contributed by atoms with E-state index in [1.54, 1.807) is 6.07 Å². The Labute approximate surface area is 105 Å². The maximum atomic E-state index is 10.9. The fraction of sp³-hybridized carbons (Fsp3) is 0.364. The molecule has 0 fully saturated rings. The number of nitrogens with one attached hydrogen (secondary N) is 1. The summed E-state index contributed by atoms with van der Waals surface area (Å²) in [6, 6.07) is 1.64. The SMILES string of the molecule is CONCc1cc(Cl)c(C=O)c(OC)c1OC. The number of halogens is 1. The molecule has 0 heterocycles. The minimum Gasteiger partial charge on any atom is -0.492 e. The summed E-state index contributed by atoms with van der Waals surface area (Å²) in [5.41, 5.74) is 3.68. The lowest BCUT2D eigenvalue weighted by atomic mass is 10.1. The van der Waals surface area contributed by atoms with Crippen molar-refractivity contribution in [2.24, 2.45) is 0 Å². The van der Waals surface area contributed by atoms with Gasteiger partial charge in [-0.25, -0.2) is 0 Å². The summed E-state index contributed by atoms with van der Waals surface area (Å²) in [5, 5.41) is 0.311. The Morgan fingerprint density at radius 1 is 1.29 bits per heavy atom. The first-order chi connectivity index (χ1) is 8.19. The zero-order chi connectivity index (χ0) is 12.8. The molecular formula is C11H14ClNO4. The highest BCUT2D eigenvalue weighted by molar-refractivity contribution is 6.33. The average molecular weight is 260 g/mol. The summed E-state index contributed by atoms with van der Waals surface area (Å²) < 4.78 is 10.4. The second-order valence-electron chi connectivity index (χ2n) is 3.14. The van der Waals surface area contributed by atoms with Crippen LogP contribution in [0.3, 0.4) is 0 Å². The molecule has 0 aliphatic heterocycles. The number of carbonyl (C=O) groups excluding carboxylic acids is 1. The zero-order valence-electron chi connectivity index (χ0n) is 9.87. The fourth-order valence-electron chi connectivity index (χ4n) is 1.49. The third-order valence-electron chi connectivity index (χ3n) is 2.23. The second-order valence-corrected chi connectivity index (χ2v) is 3.55. The second kappa shape index (κ2) is 6.44. The molecule has 0 spiro atoms. The topological polar surface area (TPSA) is 56.8 Å². The third kappa shape index (κ3) is 2.88. The van der Waals surface area contributed by atoms with Crippen LogP contribution in [0.25, 0.3) is 0 Å². The van der Waals surface area contributed by atoms with Gasteiger partial charge in [0.1, 0.15) is 0 Å². The van der Waals surface area contributed by atoms with Gasteiger partial charge in [-0.3, -0.25) is 4.79 Å². The minimum atomic E-state index is 0.271. The van der Waals surface area contributed by atoms with Crippen molar-refractivity contribution in [3.8, 4) is 11.5 Å². The molecule has 1 rings (SSSR count). The number of hydroxylamine groups is 1. The number of rotatable bonds is 6. The summed E-state index contributed by atoms with van der Waals surface area (Å²) in [6.07, 6.45) is 0.636. The molecule has 0 aliphatic carbocycles. The van der Waals surface area contributed by atoms with Crippen LogP contribution in [0, 0.1) is 0 Å². The number of carbonyl (C=O) groups is 1. The summed E-state index contributed by atoms with van der Waals surface area (Å²) in [6.45, 7) is 0.384. The molecule has 6 heteroatoms. The van der Waals surface area contributed by atoms with Crippen molar-refractivity contribution in [1.82, 2.24) is 5.48 Å². The Kier molecular flexibility index (Phi) is 5.21. The highest BCUT2D eigenvalue weighted by Crippen LogP contribution is 2.38. The lowest BCUT2D eigenvalue weighted by molar-refractivity contribution is 0.0860. The normalized spacial score (nSPS) is 10.1. The van der Waals surface area contributed by atoms with E-state index < -0.39 is 0 Å². The number of hydrogen-bond donors (Lipinski definition) is 1. The van der Waals surface area contributed by atoms with E-state index in [0.717, 1.165) is 5.56 Å². The van der Waals surface area contributed by atoms with Gasteiger partial charge in [-0.1, -0.05) is 11.6 Å². The Morgan fingerprint density at radius 2 is 1.94 bits per heavy atom. The van der Waals surface area contributed by atoms with Crippen LogP contribution in [0.1, 0.15) is 15.9 Å². The van der Waals surface area contributed by atoms with Crippen molar-refractivity contribution < 1.29 is 19.1 Å². The standard InChI is InChI=1S/C11H14ClNO4/c1-15-10-7(5-13-17-3)4-9(12)8(6-14)11(10)16-2/h4,6,13H,5H2,1-3H3. The van der Waals surface area contributed by atoms with E-state index in [9.17, 15) is 4.79 Å². The zero-order valence-corrected chi connectivity index (χ0v) is 10.6. The summed E-state index contributed by atoms with van der Waals surface area (Å²) in [7, 11) is 4.45. The predicted molar refractivity (Wildman–Crippen MR) is 63.8 cm³/mol. The van der Waals surface area contributed by atoms with Crippen molar-refractivity contribution in [3.63, 3.8) is 0 Å². The summed E-state index contributed by atoms with van der Waals surface area (Å²) >= 11 is 5.99.